The largest absolute Gasteiger partial charge is 0.398 e. The van der Waals surface area contributed by atoms with Crippen molar-refractivity contribution >= 4 is 23.5 Å². The maximum atomic E-state index is 13.6. The van der Waals surface area contributed by atoms with Crippen molar-refractivity contribution in [1.82, 2.24) is 5.32 Å². The molecular weight excluding hydrogens is 338 g/mol. The van der Waals surface area contributed by atoms with Gasteiger partial charge in [-0.1, -0.05) is 12.1 Å². The summed E-state index contributed by atoms with van der Waals surface area (Å²) in [6, 6.07) is 9.60. The molecule has 1 aliphatic rings. The average molecular weight is 358 g/mol. The number of nitrogens with zero attached hydrogens (tertiary/aromatic N) is 1. The van der Waals surface area contributed by atoms with Crippen LogP contribution in [0.4, 0.5) is 20.2 Å². The minimum Gasteiger partial charge on any atom is -0.398 e. The van der Waals surface area contributed by atoms with E-state index in [1.54, 1.807) is 12.1 Å². The van der Waals surface area contributed by atoms with Gasteiger partial charge in [-0.15, -0.1) is 0 Å². The fraction of sp³-hybridized carbons (Fsp3) is 0.263. The van der Waals surface area contributed by atoms with Crippen molar-refractivity contribution in [2.75, 3.05) is 18.8 Å². The van der Waals surface area contributed by atoms with Gasteiger partial charge in [0, 0.05) is 24.9 Å². The Bertz CT molecular complexity index is 836. The SMILES string of the molecule is NC(=O)c1cc(F)cc(C=Nc2ccc(C3CNCC(F)C3)cc2)c1N. The summed E-state index contributed by atoms with van der Waals surface area (Å²) in [4.78, 5) is 15.6. The second-order valence-corrected chi connectivity index (χ2v) is 6.36. The summed E-state index contributed by atoms with van der Waals surface area (Å²) in [6.45, 7) is 1.15. The van der Waals surface area contributed by atoms with Gasteiger partial charge in [-0.05, 0) is 42.2 Å². The van der Waals surface area contributed by atoms with Gasteiger partial charge >= 0.3 is 0 Å². The molecule has 1 aliphatic heterocycles. The van der Waals surface area contributed by atoms with E-state index in [1.807, 2.05) is 12.1 Å². The Morgan fingerprint density at radius 1 is 1.23 bits per heavy atom. The van der Waals surface area contributed by atoms with Crippen LogP contribution in [-0.4, -0.2) is 31.4 Å². The van der Waals surface area contributed by atoms with Crippen LogP contribution in [0, 0.1) is 5.82 Å². The highest BCUT2D eigenvalue weighted by Gasteiger charge is 2.22. The predicted molar refractivity (Wildman–Crippen MR) is 98.2 cm³/mol. The van der Waals surface area contributed by atoms with Gasteiger partial charge in [0.05, 0.1) is 16.9 Å². The maximum Gasteiger partial charge on any atom is 0.250 e. The van der Waals surface area contributed by atoms with Crippen LogP contribution in [0.2, 0.25) is 0 Å². The van der Waals surface area contributed by atoms with Crippen LogP contribution in [0.1, 0.15) is 33.8 Å². The molecule has 0 radical (unpaired) electrons. The normalized spacial score (nSPS) is 20.4. The van der Waals surface area contributed by atoms with Crippen molar-refractivity contribution in [2.45, 2.75) is 18.5 Å². The topological polar surface area (TPSA) is 93.5 Å². The summed E-state index contributed by atoms with van der Waals surface area (Å²) in [5.41, 5.74) is 13.0. The average Bonchev–Trinajstić information content (AvgIpc) is 2.62. The van der Waals surface area contributed by atoms with Crippen LogP contribution in [0.5, 0.6) is 0 Å². The molecule has 2 aromatic rings. The number of aliphatic imine (C=N–C) groups is 1. The minimum absolute atomic E-state index is 0.0765. The highest BCUT2D eigenvalue weighted by atomic mass is 19.1. The van der Waals surface area contributed by atoms with E-state index in [9.17, 15) is 13.6 Å². The van der Waals surface area contributed by atoms with Gasteiger partial charge in [0.25, 0.3) is 5.91 Å². The molecule has 2 aromatic carbocycles. The molecule has 1 fully saturated rings. The third kappa shape index (κ3) is 4.05. The maximum absolute atomic E-state index is 13.6. The Kier molecular flexibility index (Phi) is 5.27. The number of nitrogen functional groups attached to an aromatic ring is 1. The Hall–Kier alpha value is -2.80. The Morgan fingerprint density at radius 3 is 2.62 bits per heavy atom. The molecule has 0 spiro atoms. The van der Waals surface area contributed by atoms with E-state index in [-0.39, 0.29) is 22.7 Å². The zero-order chi connectivity index (χ0) is 18.7. The molecule has 136 valence electrons. The molecule has 5 N–H and O–H groups in total. The van der Waals surface area contributed by atoms with Gasteiger partial charge in [0.1, 0.15) is 12.0 Å². The van der Waals surface area contributed by atoms with Gasteiger partial charge in [-0.2, -0.15) is 0 Å². The highest BCUT2D eigenvalue weighted by molar-refractivity contribution is 6.02. The summed E-state index contributed by atoms with van der Waals surface area (Å²) in [5, 5.41) is 3.08. The smallest absolute Gasteiger partial charge is 0.250 e. The summed E-state index contributed by atoms with van der Waals surface area (Å²) >= 11 is 0. The highest BCUT2D eigenvalue weighted by Crippen LogP contribution is 2.27. The summed E-state index contributed by atoms with van der Waals surface area (Å²) in [7, 11) is 0. The first-order valence-corrected chi connectivity index (χ1v) is 8.31. The van der Waals surface area contributed by atoms with E-state index in [0.717, 1.165) is 18.2 Å². The minimum atomic E-state index is -0.832. The molecule has 1 amide bonds. The van der Waals surface area contributed by atoms with Crippen LogP contribution in [0.3, 0.4) is 0 Å². The molecule has 0 aliphatic carbocycles. The third-order valence-electron chi connectivity index (χ3n) is 4.46. The molecule has 5 nitrogen and oxygen atoms in total. The molecular formula is C19H20F2N4O. The monoisotopic (exact) mass is 358 g/mol. The van der Waals surface area contributed by atoms with Gasteiger partial charge < -0.3 is 16.8 Å². The number of primary amides is 1. The number of nitrogens with one attached hydrogen (secondary N) is 1. The lowest BCUT2D eigenvalue weighted by Gasteiger charge is -2.25. The molecule has 7 heteroatoms. The van der Waals surface area contributed by atoms with Gasteiger partial charge in [-0.25, -0.2) is 8.78 Å². The summed E-state index contributed by atoms with van der Waals surface area (Å²) in [5.74, 6) is -1.28. The standard InChI is InChI=1S/C19H20F2N4O/c20-14-6-13(18(22)17(7-14)19(23)26)9-25-16-3-1-11(2-4-16)12-5-15(21)10-24-8-12/h1-4,6-7,9,12,15,24H,5,8,10,22H2,(H2,23,26). The Labute approximate surface area is 150 Å². The number of hydrogen-bond acceptors (Lipinski definition) is 4. The number of rotatable bonds is 4. The molecule has 26 heavy (non-hydrogen) atoms. The number of carbonyl (C=O) groups is 1. The molecule has 2 unspecified atom stereocenters. The Balaban J connectivity index is 1.78. The fourth-order valence-corrected chi connectivity index (χ4v) is 3.07. The number of anilines is 1. The van der Waals surface area contributed by atoms with Gasteiger partial charge in [0.2, 0.25) is 0 Å². The van der Waals surface area contributed by atoms with Gasteiger partial charge in [-0.3, -0.25) is 9.79 Å². The number of nitrogens with two attached hydrogens (primary N) is 2. The molecule has 0 aromatic heterocycles. The molecule has 1 heterocycles. The fourth-order valence-electron chi connectivity index (χ4n) is 3.07. The second-order valence-electron chi connectivity index (χ2n) is 6.36. The Morgan fingerprint density at radius 2 is 1.96 bits per heavy atom. The number of halogens is 2. The van der Waals surface area contributed by atoms with Crippen molar-refractivity contribution in [3.05, 3.63) is 58.9 Å². The number of piperidine rings is 1. The lowest BCUT2D eigenvalue weighted by Crippen LogP contribution is -2.36. The molecule has 0 bridgehead atoms. The van der Waals surface area contributed by atoms with E-state index >= 15 is 0 Å². The lowest BCUT2D eigenvalue weighted by molar-refractivity contribution is 0.100. The number of benzene rings is 2. The predicted octanol–water partition coefficient (Wildman–Crippen LogP) is 2.67. The van der Waals surface area contributed by atoms with Crippen molar-refractivity contribution in [3.63, 3.8) is 0 Å². The quantitative estimate of drug-likeness (QED) is 0.579. The van der Waals surface area contributed by atoms with E-state index in [2.05, 4.69) is 10.3 Å². The third-order valence-corrected chi connectivity index (χ3v) is 4.46. The summed E-state index contributed by atoms with van der Waals surface area (Å²) < 4.78 is 27.1. The van der Waals surface area contributed by atoms with E-state index in [1.165, 1.54) is 12.3 Å². The molecule has 1 saturated heterocycles. The van der Waals surface area contributed by atoms with Crippen LogP contribution in [0.15, 0.2) is 41.4 Å². The van der Waals surface area contributed by atoms with Crippen molar-refractivity contribution in [1.29, 1.82) is 0 Å². The van der Waals surface area contributed by atoms with E-state index < -0.39 is 17.9 Å². The first-order valence-electron chi connectivity index (χ1n) is 8.31. The van der Waals surface area contributed by atoms with E-state index in [0.29, 0.717) is 18.7 Å². The van der Waals surface area contributed by atoms with Crippen LogP contribution < -0.4 is 16.8 Å². The molecule has 3 rings (SSSR count). The van der Waals surface area contributed by atoms with Crippen LogP contribution >= 0.6 is 0 Å². The van der Waals surface area contributed by atoms with Crippen molar-refractivity contribution in [2.24, 2.45) is 10.7 Å². The molecule has 2 atom stereocenters. The van der Waals surface area contributed by atoms with Gasteiger partial charge in [0.15, 0.2) is 0 Å². The first kappa shape index (κ1) is 18.0. The van der Waals surface area contributed by atoms with Crippen LogP contribution in [0.25, 0.3) is 0 Å². The number of alkyl halides is 1. The van der Waals surface area contributed by atoms with Crippen molar-refractivity contribution < 1.29 is 13.6 Å². The summed E-state index contributed by atoms with van der Waals surface area (Å²) in [6.07, 6.45) is 1.06. The number of amides is 1. The van der Waals surface area contributed by atoms with Crippen molar-refractivity contribution in [3.8, 4) is 0 Å². The first-order chi connectivity index (χ1) is 12.4. The number of hydrogen-bond donors (Lipinski definition) is 3. The zero-order valence-corrected chi connectivity index (χ0v) is 14.1. The van der Waals surface area contributed by atoms with E-state index in [4.69, 9.17) is 11.5 Å². The molecule has 0 saturated carbocycles. The second kappa shape index (κ2) is 7.61. The number of carbonyl (C=O) groups excluding carboxylic acids is 1. The van der Waals surface area contributed by atoms with Crippen LogP contribution in [-0.2, 0) is 0 Å². The lowest BCUT2D eigenvalue weighted by atomic mass is 9.91. The zero-order valence-electron chi connectivity index (χ0n) is 14.1.